The molecular weight excluding hydrogens is 196 g/mol. The topological polar surface area (TPSA) is 95.4 Å². The molecule has 0 aliphatic heterocycles. The van der Waals surface area contributed by atoms with Crippen LogP contribution in [0.2, 0.25) is 0 Å². The number of benzene rings is 1. The van der Waals surface area contributed by atoms with Crippen LogP contribution in [-0.2, 0) is 4.79 Å². The predicted molar refractivity (Wildman–Crippen MR) is 55.5 cm³/mol. The third-order valence-corrected chi connectivity index (χ3v) is 1.79. The lowest BCUT2D eigenvalue weighted by molar-refractivity contribution is -0.108. The fourth-order valence-electron chi connectivity index (χ4n) is 1.08. The molecule has 0 fully saturated rings. The number of hydrogen-bond acceptors (Lipinski definition) is 4. The van der Waals surface area contributed by atoms with Crippen molar-refractivity contribution in [3.63, 3.8) is 0 Å². The molecule has 0 unspecified atom stereocenters. The van der Waals surface area contributed by atoms with Crippen LogP contribution in [0.1, 0.15) is 16.8 Å². The Kier molecular flexibility index (Phi) is 3.68. The monoisotopic (exact) mass is 208 g/mol. The van der Waals surface area contributed by atoms with Crippen LogP contribution in [0.3, 0.4) is 0 Å². The molecule has 5 heteroatoms. The molecule has 0 aliphatic rings. The van der Waals surface area contributed by atoms with E-state index in [1.807, 2.05) is 0 Å². The molecular formula is C10H12N2O3. The van der Waals surface area contributed by atoms with Crippen molar-refractivity contribution in [2.45, 2.75) is 6.42 Å². The number of ether oxygens (including phenoxy) is 1. The predicted octanol–water partition coefficient (Wildman–Crippen LogP) is 0.335. The number of rotatable bonds is 5. The van der Waals surface area contributed by atoms with Crippen molar-refractivity contribution in [1.29, 1.82) is 0 Å². The molecule has 1 rings (SSSR count). The van der Waals surface area contributed by atoms with Crippen molar-refractivity contribution >= 4 is 17.9 Å². The van der Waals surface area contributed by atoms with Gasteiger partial charge in [-0.25, -0.2) is 0 Å². The Labute approximate surface area is 87.0 Å². The highest BCUT2D eigenvalue weighted by Crippen LogP contribution is 2.19. The van der Waals surface area contributed by atoms with E-state index >= 15 is 0 Å². The van der Waals surface area contributed by atoms with E-state index in [2.05, 4.69) is 0 Å². The van der Waals surface area contributed by atoms with Gasteiger partial charge in [0.05, 0.1) is 12.2 Å². The van der Waals surface area contributed by atoms with E-state index in [9.17, 15) is 9.59 Å². The summed E-state index contributed by atoms with van der Waals surface area (Å²) >= 11 is 0. The van der Waals surface area contributed by atoms with Gasteiger partial charge in [0.2, 0.25) is 0 Å². The maximum atomic E-state index is 10.8. The second-order valence-corrected chi connectivity index (χ2v) is 2.92. The van der Waals surface area contributed by atoms with E-state index in [1.54, 1.807) is 6.07 Å². The number of carbonyl (C=O) groups is 2. The van der Waals surface area contributed by atoms with Crippen molar-refractivity contribution in [3.05, 3.63) is 23.8 Å². The van der Waals surface area contributed by atoms with Crippen LogP contribution in [0.5, 0.6) is 5.75 Å². The molecule has 0 heterocycles. The van der Waals surface area contributed by atoms with E-state index in [-0.39, 0.29) is 11.3 Å². The molecule has 0 spiro atoms. The highest BCUT2D eigenvalue weighted by Gasteiger charge is 2.06. The van der Waals surface area contributed by atoms with Gasteiger partial charge in [0.25, 0.3) is 5.91 Å². The first kappa shape index (κ1) is 11.0. The largest absolute Gasteiger partial charge is 0.493 e. The summed E-state index contributed by atoms with van der Waals surface area (Å²) in [5.74, 6) is -0.0636. The van der Waals surface area contributed by atoms with E-state index in [0.717, 1.165) is 6.29 Å². The lowest BCUT2D eigenvalue weighted by atomic mass is 10.1. The van der Waals surface area contributed by atoms with Crippen LogP contribution in [0.4, 0.5) is 5.69 Å². The van der Waals surface area contributed by atoms with Gasteiger partial charge < -0.3 is 21.0 Å². The fraction of sp³-hybridized carbons (Fsp3) is 0.200. The minimum atomic E-state index is -0.577. The zero-order valence-electron chi connectivity index (χ0n) is 8.10. The van der Waals surface area contributed by atoms with Gasteiger partial charge in [0.15, 0.2) is 0 Å². The zero-order chi connectivity index (χ0) is 11.3. The first-order chi connectivity index (χ1) is 7.15. The van der Waals surface area contributed by atoms with Crippen molar-refractivity contribution in [3.8, 4) is 5.75 Å². The summed E-state index contributed by atoms with van der Waals surface area (Å²) < 4.78 is 5.20. The number of amides is 1. The summed E-state index contributed by atoms with van der Waals surface area (Å²) in [7, 11) is 0. The second kappa shape index (κ2) is 4.99. The Morgan fingerprint density at radius 1 is 1.47 bits per heavy atom. The van der Waals surface area contributed by atoms with Gasteiger partial charge in [-0.2, -0.15) is 0 Å². The van der Waals surface area contributed by atoms with Gasteiger partial charge >= 0.3 is 0 Å². The maximum absolute atomic E-state index is 10.8. The Balaban J connectivity index is 2.73. The number of carbonyl (C=O) groups excluding carboxylic acids is 2. The fourth-order valence-corrected chi connectivity index (χ4v) is 1.08. The molecule has 0 aliphatic carbocycles. The summed E-state index contributed by atoms with van der Waals surface area (Å²) in [6.45, 7) is 0.291. The lowest BCUT2D eigenvalue weighted by Gasteiger charge is -2.06. The first-order valence-electron chi connectivity index (χ1n) is 4.41. The summed E-state index contributed by atoms with van der Waals surface area (Å²) in [5.41, 5.74) is 11.2. The van der Waals surface area contributed by atoms with Crippen LogP contribution in [0.25, 0.3) is 0 Å². The average molecular weight is 208 g/mol. The van der Waals surface area contributed by atoms with Crippen molar-refractivity contribution in [2.24, 2.45) is 5.73 Å². The van der Waals surface area contributed by atoms with E-state index in [0.29, 0.717) is 18.8 Å². The highest BCUT2D eigenvalue weighted by atomic mass is 16.5. The van der Waals surface area contributed by atoms with Crippen molar-refractivity contribution in [2.75, 3.05) is 12.3 Å². The summed E-state index contributed by atoms with van der Waals surface area (Å²) in [6.07, 6.45) is 1.08. The van der Waals surface area contributed by atoms with Crippen LogP contribution >= 0.6 is 0 Å². The zero-order valence-corrected chi connectivity index (χ0v) is 8.10. The van der Waals surface area contributed by atoms with Gasteiger partial charge in [-0.1, -0.05) is 0 Å². The van der Waals surface area contributed by atoms with Gasteiger partial charge in [-0.3, -0.25) is 4.79 Å². The quantitative estimate of drug-likeness (QED) is 0.414. The van der Waals surface area contributed by atoms with Gasteiger partial charge in [0, 0.05) is 18.2 Å². The van der Waals surface area contributed by atoms with Gasteiger partial charge in [0.1, 0.15) is 12.0 Å². The normalized spacial score (nSPS) is 9.60. The minimum absolute atomic E-state index is 0.262. The third kappa shape index (κ3) is 2.98. The Morgan fingerprint density at radius 2 is 2.20 bits per heavy atom. The molecule has 5 nitrogen and oxygen atoms in total. The van der Waals surface area contributed by atoms with Crippen LogP contribution in [0.15, 0.2) is 18.2 Å². The van der Waals surface area contributed by atoms with Crippen LogP contribution in [0, 0.1) is 0 Å². The first-order valence-corrected chi connectivity index (χ1v) is 4.41. The Morgan fingerprint density at radius 3 is 2.73 bits per heavy atom. The molecule has 0 aromatic heterocycles. The number of nitrogens with two attached hydrogens (primary N) is 2. The number of hydrogen-bond donors (Lipinski definition) is 2. The molecule has 0 radical (unpaired) electrons. The average Bonchev–Trinajstić information content (AvgIpc) is 2.17. The summed E-state index contributed by atoms with van der Waals surface area (Å²) in [4.78, 5) is 20.9. The van der Waals surface area contributed by atoms with Gasteiger partial charge in [-0.15, -0.1) is 0 Å². The lowest BCUT2D eigenvalue weighted by Crippen LogP contribution is -2.13. The molecule has 80 valence electrons. The van der Waals surface area contributed by atoms with E-state index < -0.39 is 5.91 Å². The van der Waals surface area contributed by atoms with Crippen LogP contribution in [-0.4, -0.2) is 18.8 Å². The van der Waals surface area contributed by atoms with E-state index in [4.69, 9.17) is 16.2 Å². The number of aldehydes is 1. The molecule has 4 N–H and O–H groups in total. The molecule has 0 atom stereocenters. The third-order valence-electron chi connectivity index (χ3n) is 1.79. The molecule has 0 bridgehead atoms. The standard InChI is InChI=1S/C10H12N2O3/c11-9-6-7(15-5-1-4-13)2-3-8(9)10(12)14/h2-4,6H,1,5,11H2,(H2,12,14). The Hall–Kier alpha value is -2.04. The molecule has 1 amide bonds. The number of anilines is 1. The SMILES string of the molecule is NC(=O)c1ccc(OCCC=O)cc1N. The molecule has 1 aromatic rings. The summed E-state index contributed by atoms with van der Waals surface area (Å²) in [6, 6.07) is 4.58. The minimum Gasteiger partial charge on any atom is -0.493 e. The van der Waals surface area contributed by atoms with Crippen molar-refractivity contribution in [1.82, 2.24) is 0 Å². The van der Waals surface area contributed by atoms with Crippen molar-refractivity contribution < 1.29 is 14.3 Å². The van der Waals surface area contributed by atoms with E-state index in [1.165, 1.54) is 12.1 Å². The molecule has 1 aromatic carbocycles. The maximum Gasteiger partial charge on any atom is 0.250 e. The second-order valence-electron chi connectivity index (χ2n) is 2.92. The molecule has 0 saturated carbocycles. The number of nitrogen functional groups attached to an aromatic ring is 1. The number of primary amides is 1. The highest BCUT2D eigenvalue weighted by molar-refractivity contribution is 5.98. The van der Waals surface area contributed by atoms with Gasteiger partial charge in [-0.05, 0) is 12.1 Å². The van der Waals surface area contributed by atoms with Crippen LogP contribution < -0.4 is 16.2 Å². The molecule has 0 saturated heterocycles. The Bertz CT molecular complexity index is 377. The smallest absolute Gasteiger partial charge is 0.250 e. The molecule has 15 heavy (non-hydrogen) atoms. The summed E-state index contributed by atoms with van der Waals surface area (Å²) in [5, 5.41) is 0.